The molecule has 1 unspecified atom stereocenters. The van der Waals surface area contributed by atoms with Gasteiger partial charge in [0.05, 0.1) is 0 Å². The van der Waals surface area contributed by atoms with Crippen molar-refractivity contribution in [3.8, 4) is 0 Å². The van der Waals surface area contributed by atoms with E-state index in [-0.39, 0.29) is 12.3 Å². The summed E-state index contributed by atoms with van der Waals surface area (Å²) in [7, 11) is 3.21. The first kappa shape index (κ1) is 14.5. The molecule has 1 aromatic carbocycles. The minimum Gasteiger partial charge on any atom is -0.345 e. The van der Waals surface area contributed by atoms with Crippen molar-refractivity contribution >= 4 is 5.91 Å². The van der Waals surface area contributed by atoms with Gasteiger partial charge in [-0.05, 0) is 24.1 Å². The molecule has 1 rings (SSSR count). The summed E-state index contributed by atoms with van der Waals surface area (Å²) in [6.07, 6.45) is -4.70. The van der Waals surface area contributed by atoms with Crippen molar-refractivity contribution in [3.63, 3.8) is 0 Å². The van der Waals surface area contributed by atoms with Crippen molar-refractivity contribution in [1.29, 1.82) is 0 Å². The number of nitrogens with zero attached hydrogens (tertiary/aromatic N) is 1. The number of rotatable bonds is 3. The molecule has 0 saturated carbocycles. The third-order valence-corrected chi connectivity index (χ3v) is 2.48. The molecule has 0 aliphatic carbocycles. The molecule has 100 valence electrons. The Morgan fingerprint density at radius 3 is 2.17 bits per heavy atom. The van der Waals surface area contributed by atoms with E-state index in [1.807, 2.05) is 0 Å². The molecule has 1 amide bonds. The number of carbonyl (C=O) groups excluding carboxylic acids is 1. The van der Waals surface area contributed by atoms with E-state index < -0.39 is 12.2 Å². The Morgan fingerprint density at radius 1 is 1.28 bits per heavy atom. The summed E-state index contributed by atoms with van der Waals surface area (Å²) in [5.41, 5.74) is 5.92. The molecule has 0 aliphatic rings. The molecule has 2 N–H and O–H groups in total. The van der Waals surface area contributed by atoms with E-state index in [1.165, 1.54) is 29.2 Å². The van der Waals surface area contributed by atoms with Crippen molar-refractivity contribution < 1.29 is 18.0 Å². The maximum absolute atomic E-state index is 12.3. The van der Waals surface area contributed by atoms with Crippen LogP contribution in [-0.2, 0) is 6.42 Å². The summed E-state index contributed by atoms with van der Waals surface area (Å²) in [5.74, 6) is -0.193. The van der Waals surface area contributed by atoms with Gasteiger partial charge in [0.2, 0.25) is 0 Å². The molecule has 1 aromatic rings. The Balaban J connectivity index is 2.75. The van der Waals surface area contributed by atoms with E-state index in [0.717, 1.165) is 0 Å². The highest BCUT2D eigenvalue weighted by Crippen LogP contribution is 2.21. The van der Waals surface area contributed by atoms with E-state index in [2.05, 4.69) is 0 Å². The lowest BCUT2D eigenvalue weighted by Crippen LogP contribution is -2.39. The predicted molar refractivity (Wildman–Crippen MR) is 62.2 cm³/mol. The van der Waals surface area contributed by atoms with Crippen LogP contribution in [0.2, 0.25) is 0 Å². The standard InChI is InChI=1S/C12H15F3N2O/c1-17(2)11(18)9-5-3-8(4-6-9)7-10(16)12(13,14)15/h3-6,10H,7,16H2,1-2H3. The van der Waals surface area contributed by atoms with Crippen LogP contribution in [0.5, 0.6) is 0 Å². The summed E-state index contributed by atoms with van der Waals surface area (Å²) in [6, 6.07) is 4.10. The fourth-order valence-electron chi connectivity index (χ4n) is 1.41. The monoisotopic (exact) mass is 260 g/mol. The Kier molecular flexibility index (Phi) is 4.34. The van der Waals surface area contributed by atoms with Crippen LogP contribution < -0.4 is 5.73 Å². The number of carbonyl (C=O) groups is 1. The second-order valence-electron chi connectivity index (χ2n) is 4.25. The van der Waals surface area contributed by atoms with Crippen LogP contribution in [0.4, 0.5) is 13.2 Å². The predicted octanol–water partition coefficient (Wildman–Crippen LogP) is 1.82. The van der Waals surface area contributed by atoms with Crippen molar-refractivity contribution in [2.24, 2.45) is 5.73 Å². The van der Waals surface area contributed by atoms with Gasteiger partial charge in [-0.15, -0.1) is 0 Å². The molecule has 0 fully saturated rings. The van der Waals surface area contributed by atoms with Gasteiger partial charge in [-0.2, -0.15) is 13.2 Å². The molecule has 0 bridgehead atoms. The zero-order valence-corrected chi connectivity index (χ0v) is 10.2. The van der Waals surface area contributed by atoms with Crippen LogP contribution in [0.1, 0.15) is 15.9 Å². The van der Waals surface area contributed by atoms with Crippen LogP contribution in [0.25, 0.3) is 0 Å². The average Bonchev–Trinajstić information content (AvgIpc) is 2.27. The number of halogens is 3. The molecular formula is C12H15F3N2O. The maximum atomic E-state index is 12.3. The van der Waals surface area contributed by atoms with Gasteiger partial charge >= 0.3 is 6.18 Å². The van der Waals surface area contributed by atoms with Gasteiger partial charge in [0.15, 0.2) is 0 Å². The van der Waals surface area contributed by atoms with E-state index >= 15 is 0 Å². The van der Waals surface area contributed by atoms with Crippen molar-refractivity contribution in [2.75, 3.05) is 14.1 Å². The van der Waals surface area contributed by atoms with Gasteiger partial charge in [-0.25, -0.2) is 0 Å². The Bertz CT molecular complexity index is 412. The van der Waals surface area contributed by atoms with Gasteiger partial charge in [-0.1, -0.05) is 12.1 Å². The first-order chi connectivity index (χ1) is 8.21. The van der Waals surface area contributed by atoms with Gasteiger partial charge < -0.3 is 10.6 Å². The molecule has 3 nitrogen and oxygen atoms in total. The lowest BCUT2D eigenvalue weighted by Gasteiger charge is -2.16. The van der Waals surface area contributed by atoms with Gasteiger partial charge in [0.25, 0.3) is 5.91 Å². The number of hydrogen-bond donors (Lipinski definition) is 1. The molecule has 0 heterocycles. The van der Waals surface area contributed by atoms with Crippen LogP contribution in [0.15, 0.2) is 24.3 Å². The number of alkyl halides is 3. The van der Waals surface area contributed by atoms with Crippen LogP contribution in [0, 0.1) is 0 Å². The fourth-order valence-corrected chi connectivity index (χ4v) is 1.41. The highest BCUT2D eigenvalue weighted by molar-refractivity contribution is 5.93. The third kappa shape index (κ3) is 3.73. The summed E-state index contributed by atoms with van der Waals surface area (Å²) in [5, 5.41) is 0. The zero-order chi connectivity index (χ0) is 13.9. The molecule has 18 heavy (non-hydrogen) atoms. The van der Waals surface area contributed by atoms with E-state index in [9.17, 15) is 18.0 Å². The molecule has 6 heteroatoms. The molecular weight excluding hydrogens is 245 g/mol. The third-order valence-electron chi connectivity index (χ3n) is 2.48. The van der Waals surface area contributed by atoms with Crippen molar-refractivity contribution in [3.05, 3.63) is 35.4 Å². The molecule has 0 saturated heterocycles. The minimum atomic E-state index is -4.40. The van der Waals surface area contributed by atoms with Crippen LogP contribution >= 0.6 is 0 Å². The number of benzene rings is 1. The quantitative estimate of drug-likeness (QED) is 0.901. The largest absolute Gasteiger partial charge is 0.403 e. The summed E-state index contributed by atoms with van der Waals surface area (Å²) in [4.78, 5) is 13.0. The molecule has 0 aromatic heterocycles. The topological polar surface area (TPSA) is 46.3 Å². The number of hydrogen-bond acceptors (Lipinski definition) is 2. The highest BCUT2D eigenvalue weighted by Gasteiger charge is 2.36. The molecule has 1 atom stereocenters. The first-order valence-electron chi connectivity index (χ1n) is 5.34. The van der Waals surface area contributed by atoms with Crippen molar-refractivity contribution in [1.82, 2.24) is 4.90 Å². The molecule has 0 spiro atoms. The first-order valence-corrected chi connectivity index (χ1v) is 5.34. The van der Waals surface area contributed by atoms with E-state index in [0.29, 0.717) is 11.1 Å². The Hall–Kier alpha value is -1.56. The minimum absolute atomic E-state index is 0.193. The van der Waals surface area contributed by atoms with Gasteiger partial charge in [-0.3, -0.25) is 4.79 Å². The average molecular weight is 260 g/mol. The van der Waals surface area contributed by atoms with Gasteiger partial charge in [0, 0.05) is 19.7 Å². The second kappa shape index (κ2) is 5.39. The van der Waals surface area contributed by atoms with Crippen LogP contribution in [-0.4, -0.2) is 37.1 Å². The normalized spacial score (nSPS) is 13.2. The van der Waals surface area contributed by atoms with Crippen molar-refractivity contribution in [2.45, 2.75) is 18.6 Å². The molecule has 0 radical (unpaired) electrons. The smallest absolute Gasteiger partial charge is 0.345 e. The Labute approximate surface area is 103 Å². The maximum Gasteiger partial charge on any atom is 0.403 e. The molecule has 0 aliphatic heterocycles. The van der Waals surface area contributed by atoms with E-state index in [1.54, 1.807) is 14.1 Å². The van der Waals surface area contributed by atoms with E-state index in [4.69, 9.17) is 5.73 Å². The lowest BCUT2D eigenvalue weighted by atomic mass is 10.0. The summed E-state index contributed by atoms with van der Waals surface area (Å²) >= 11 is 0. The SMILES string of the molecule is CN(C)C(=O)c1ccc(CC(N)C(F)(F)F)cc1. The summed E-state index contributed by atoms with van der Waals surface area (Å²) < 4.78 is 36.8. The zero-order valence-electron chi connectivity index (χ0n) is 10.2. The Morgan fingerprint density at radius 2 is 1.78 bits per heavy atom. The summed E-state index contributed by atoms with van der Waals surface area (Å²) in [6.45, 7) is 0. The van der Waals surface area contributed by atoms with Gasteiger partial charge in [0.1, 0.15) is 6.04 Å². The number of nitrogens with two attached hydrogens (primary N) is 1. The van der Waals surface area contributed by atoms with Crippen LogP contribution in [0.3, 0.4) is 0 Å². The highest BCUT2D eigenvalue weighted by atomic mass is 19.4. The lowest BCUT2D eigenvalue weighted by molar-refractivity contribution is -0.147. The fraction of sp³-hybridized carbons (Fsp3) is 0.417. The number of amides is 1. The second-order valence-corrected chi connectivity index (χ2v) is 4.25.